The molecule has 1 atom stereocenters. The van der Waals surface area contributed by atoms with Crippen LogP contribution in [0.1, 0.15) is 41.5 Å². The number of nitrogens with zero attached hydrogens (tertiary/aromatic N) is 2. The fraction of sp³-hybridized carbons (Fsp3) is 0.438. The summed E-state index contributed by atoms with van der Waals surface area (Å²) in [5.41, 5.74) is -0.117. The summed E-state index contributed by atoms with van der Waals surface area (Å²) in [7, 11) is 0. The van der Waals surface area contributed by atoms with Crippen LogP contribution in [0.2, 0.25) is 0 Å². The highest BCUT2D eigenvalue weighted by molar-refractivity contribution is 7.99. The lowest BCUT2D eigenvalue weighted by molar-refractivity contribution is 0.0930. The number of rotatable bonds is 5. The molecule has 0 fully saturated rings. The zero-order valence-corrected chi connectivity index (χ0v) is 14.7. The fourth-order valence-electron chi connectivity index (χ4n) is 2.62. The molecule has 3 rings (SSSR count). The van der Waals surface area contributed by atoms with E-state index in [1.54, 1.807) is 27.7 Å². The second-order valence-electron chi connectivity index (χ2n) is 5.93. The van der Waals surface area contributed by atoms with Gasteiger partial charge in [0.25, 0.3) is 11.5 Å². The van der Waals surface area contributed by atoms with Crippen LogP contribution in [0.15, 0.2) is 33.7 Å². The van der Waals surface area contributed by atoms with Crippen LogP contribution in [0.25, 0.3) is 0 Å². The number of carbonyl (C=O) groups excluding carboxylic acids is 1. The van der Waals surface area contributed by atoms with E-state index >= 15 is 0 Å². The Morgan fingerprint density at radius 1 is 1.48 bits per heavy atom. The van der Waals surface area contributed by atoms with Crippen molar-refractivity contribution >= 4 is 29.0 Å². The summed E-state index contributed by atoms with van der Waals surface area (Å²) in [5.74, 6) is 0.935. The monoisotopic (exact) mass is 349 g/mol. The Bertz CT molecular complexity index is 753. The number of thiophene rings is 1. The van der Waals surface area contributed by atoms with Crippen molar-refractivity contribution in [2.45, 2.75) is 38.0 Å². The van der Waals surface area contributed by atoms with Crippen LogP contribution in [0.4, 0.5) is 0 Å². The van der Waals surface area contributed by atoms with Crippen LogP contribution in [0.5, 0.6) is 0 Å². The summed E-state index contributed by atoms with van der Waals surface area (Å²) in [6, 6.07) is 3.92. The molecule has 5 nitrogen and oxygen atoms in total. The molecule has 0 radical (unpaired) electrons. The first kappa shape index (κ1) is 16.3. The van der Waals surface area contributed by atoms with Crippen molar-refractivity contribution in [3.63, 3.8) is 0 Å². The van der Waals surface area contributed by atoms with Gasteiger partial charge < -0.3 is 5.32 Å². The van der Waals surface area contributed by atoms with Crippen LogP contribution >= 0.6 is 23.1 Å². The van der Waals surface area contributed by atoms with Gasteiger partial charge in [0, 0.05) is 23.4 Å². The van der Waals surface area contributed by atoms with E-state index in [0.29, 0.717) is 17.6 Å². The maximum absolute atomic E-state index is 12.6. The number of amides is 1. The molecule has 0 aromatic carbocycles. The van der Waals surface area contributed by atoms with Crippen LogP contribution in [0.3, 0.4) is 0 Å². The predicted molar refractivity (Wildman–Crippen MR) is 93.2 cm³/mol. The molecule has 2 aromatic heterocycles. The van der Waals surface area contributed by atoms with E-state index in [0.717, 1.165) is 17.1 Å². The minimum absolute atomic E-state index is 0.0745. The molecule has 3 heterocycles. The second-order valence-corrected chi connectivity index (χ2v) is 7.97. The van der Waals surface area contributed by atoms with E-state index in [9.17, 15) is 9.59 Å². The second kappa shape index (κ2) is 6.88. The van der Waals surface area contributed by atoms with Crippen LogP contribution in [-0.2, 0) is 6.54 Å². The molecule has 2 aromatic rings. The smallest absolute Gasteiger partial charge is 0.267 e. The van der Waals surface area contributed by atoms with Crippen LogP contribution in [0, 0.1) is 5.92 Å². The van der Waals surface area contributed by atoms with Crippen molar-refractivity contribution in [2.75, 3.05) is 5.75 Å². The van der Waals surface area contributed by atoms with E-state index in [4.69, 9.17) is 0 Å². The molecule has 122 valence electrons. The van der Waals surface area contributed by atoms with Crippen molar-refractivity contribution in [3.05, 3.63) is 44.5 Å². The third-order valence-corrected chi connectivity index (χ3v) is 5.66. The van der Waals surface area contributed by atoms with Gasteiger partial charge in [0.15, 0.2) is 5.16 Å². The molecule has 0 saturated heterocycles. The lowest BCUT2D eigenvalue weighted by Gasteiger charge is -2.19. The van der Waals surface area contributed by atoms with Crippen molar-refractivity contribution in [3.8, 4) is 0 Å². The molecule has 0 unspecified atom stereocenters. The Morgan fingerprint density at radius 3 is 3.00 bits per heavy atom. The van der Waals surface area contributed by atoms with E-state index in [2.05, 4.69) is 24.1 Å². The zero-order valence-electron chi connectivity index (χ0n) is 13.1. The first-order valence-electron chi connectivity index (χ1n) is 7.63. The SMILES string of the molecule is CC(C)C[C@@H](NC(=O)c1cnc2n(c1=O)CCS2)c1cccs1. The standard InChI is InChI=1S/C16H19N3O2S2/c1-10(2)8-12(13-4-3-6-22-13)18-14(20)11-9-17-16-19(15(11)21)5-7-23-16/h3-4,6,9-10,12H,5,7-8H2,1-2H3,(H,18,20)/t12-/m1/s1. The Hall–Kier alpha value is -1.60. The summed E-state index contributed by atoms with van der Waals surface area (Å²) >= 11 is 3.16. The third-order valence-electron chi connectivity index (χ3n) is 3.70. The number of hydrogen-bond donors (Lipinski definition) is 1. The maximum Gasteiger partial charge on any atom is 0.267 e. The molecular formula is C16H19N3O2S2. The lowest BCUT2D eigenvalue weighted by Crippen LogP contribution is -2.35. The van der Waals surface area contributed by atoms with Gasteiger partial charge in [-0.15, -0.1) is 11.3 Å². The first-order valence-corrected chi connectivity index (χ1v) is 9.49. The molecular weight excluding hydrogens is 330 g/mol. The highest BCUT2D eigenvalue weighted by Crippen LogP contribution is 2.26. The number of hydrogen-bond acceptors (Lipinski definition) is 5. The zero-order chi connectivity index (χ0) is 16.4. The molecule has 1 amide bonds. The maximum atomic E-state index is 12.6. The quantitative estimate of drug-likeness (QED) is 0.843. The molecule has 1 N–H and O–H groups in total. The van der Waals surface area contributed by atoms with E-state index < -0.39 is 0 Å². The van der Waals surface area contributed by atoms with Gasteiger partial charge in [-0.25, -0.2) is 4.98 Å². The minimum Gasteiger partial charge on any atom is -0.344 e. The normalized spacial score (nSPS) is 14.7. The van der Waals surface area contributed by atoms with Crippen molar-refractivity contribution in [1.82, 2.24) is 14.9 Å². The molecule has 0 bridgehead atoms. The van der Waals surface area contributed by atoms with E-state index in [1.165, 1.54) is 6.20 Å². The Kier molecular flexibility index (Phi) is 4.87. The Labute approximate surface area is 143 Å². The summed E-state index contributed by atoms with van der Waals surface area (Å²) in [4.78, 5) is 30.4. The topological polar surface area (TPSA) is 64.0 Å². The van der Waals surface area contributed by atoms with Gasteiger partial charge >= 0.3 is 0 Å². The van der Waals surface area contributed by atoms with Gasteiger partial charge in [0.05, 0.1) is 6.04 Å². The predicted octanol–water partition coefficient (Wildman–Crippen LogP) is 2.93. The molecule has 0 spiro atoms. The summed E-state index contributed by atoms with van der Waals surface area (Å²) in [6.45, 7) is 4.86. The number of carbonyl (C=O) groups is 1. The number of fused-ring (bicyclic) bond motifs is 1. The van der Waals surface area contributed by atoms with Crippen LogP contribution in [-0.4, -0.2) is 21.2 Å². The highest BCUT2D eigenvalue weighted by atomic mass is 32.2. The van der Waals surface area contributed by atoms with Gasteiger partial charge in [0.2, 0.25) is 0 Å². The molecule has 7 heteroatoms. The fourth-order valence-corrected chi connectivity index (χ4v) is 4.32. The minimum atomic E-state index is -0.339. The molecule has 0 aliphatic carbocycles. The largest absolute Gasteiger partial charge is 0.344 e. The third kappa shape index (κ3) is 3.50. The van der Waals surface area contributed by atoms with E-state index in [-0.39, 0.29) is 23.1 Å². The highest BCUT2D eigenvalue weighted by Gasteiger charge is 2.23. The van der Waals surface area contributed by atoms with Crippen molar-refractivity contribution in [1.29, 1.82) is 0 Å². The van der Waals surface area contributed by atoms with Gasteiger partial charge in [-0.3, -0.25) is 14.2 Å². The summed E-state index contributed by atoms with van der Waals surface area (Å²) in [6.07, 6.45) is 2.24. The summed E-state index contributed by atoms with van der Waals surface area (Å²) < 4.78 is 1.59. The van der Waals surface area contributed by atoms with Gasteiger partial charge in [-0.05, 0) is 23.8 Å². The Balaban J connectivity index is 1.84. The first-order chi connectivity index (χ1) is 11.1. The van der Waals surface area contributed by atoms with Crippen molar-refractivity contribution < 1.29 is 4.79 Å². The molecule has 23 heavy (non-hydrogen) atoms. The molecule has 0 saturated carbocycles. The van der Waals surface area contributed by atoms with Gasteiger partial charge in [0.1, 0.15) is 5.56 Å². The number of aromatic nitrogens is 2. The lowest BCUT2D eigenvalue weighted by atomic mass is 10.0. The number of nitrogens with one attached hydrogen (secondary N) is 1. The van der Waals surface area contributed by atoms with Gasteiger partial charge in [-0.1, -0.05) is 31.7 Å². The van der Waals surface area contributed by atoms with Gasteiger partial charge in [-0.2, -0.15) is 0 Å². The van der Waals surface area contributed by atoms with Crippen molar-refractivity contribution in [2.24, 2.45) is 5.92 Å². The average Bonchev–Trinajstić information content (AvgIpc) is 3.18. The van der Waals surface area contributed by atoms with E-state index in [1.807, 2.05) is 17.5 Å². The molecule has 1 aliphatic rings. The molecule has 1 aliphatic heterocycles. The summed E-state index contributed by atoms with van der Waals surface area (Å²) in [5, 5.41) is 5.71. The number of thioether (sulfide) groups is 1. The Morgan fingerprint density at radius 2 is 2.30 bits per heavy atom. The van der Waals surface area contributed by atoms with Crippen LogP contribution < -0.4 is 10.9 Å². The average molecular weight is 349 g/mol.